The monoisotopic (exact) mass is 276 g/mol. The van der Waals surface area contributed by atoms with Crippen LogP contribution in [0, 0.1) is 0 Å². The van der Waals surface area contributed by atoms with Crippen molar-refractivity contribution in [3.05, 3.63) is 23.8 Å². The van der Waals surface area contributed by atoms with E-state index in [1.54, 1.807) is 6.07 Å². The smallest absolute Gasteiger partial charge is 0.250 e. The van der Waals surface area contributed by atoms with Crippen LogP contribution >= 0.6 is 0 Å². The molecule has 1 aliphatic rings. The van der Waals surface area contributed by atoms with Crippen molar-refractivity contribution in [2.24, 2.45) is 5.73 Å². The molecule has 1 aliphatic heterocycles. The van der Waals surface area contributed by atoms with Crippen LogP contribution in [0.25, 0.3) is 0 Å². The summed E-state index contributed by atoms with van der Waals surface area (Å²) in [5.41, 5.74) is 13.1. The van der Waals surface area contributed by atoms with Gasteiger partial charge in [0.1, 0.15) is 0 Å². The van der Waals surface area contributed by atoms with E-state index in [2.05, 4.69) is 23.8 Å². The number of nitrogens with two attached hydrogens (primary N) is 2. The van der Waals surface area contributed by atoms with Gasteiger partial charge in [-0.25, -0.2) is 0 Å². The van der Waals surface area contributed by atoms with Crippen LogP contribution < -0.4 is 16.4 Å². The Morgan fingerprint density at radius 1 is 1.40 bits per heavy atom. The van der Waals surface area contributed by atoms with Crippen LogP contribution in [0.1, 0.15) is 30.1 Å². The van der Waals surface area contributed by atoms with Gasteiger partial charge in [0.2, 0.25) is 0 Å². The molecule has 1 atom stereocenters. The second-order valence-corrected chi connectivity index (χ2v) is 5.51. The minimum atomic E-state index is -0.468. The summed E-state index contributed by atoms with van der Waals surface area (Å²) in [6.45, 7) is 5.32. The first-order valence-corrected chi connectivity index (χ1v) is 7.17. The Kier molecular flexibility index (Phi) is 4.49. The quantitative estimate of drug-likeness (QED) is 0.816. The molecule has 1 aromatic rings. The summed E-state index contributed by atoms with van der Waals surface area (Å²) in [5.74, 6) is -0.468. The van der Waals surface area contributed by atoms with Gasteiger partial charge in [0, 0.05) is 30.5 Å². The number of likely N-dealkylation sites (N-methyl/N-ethyl adjacent to an activating group) is 1. The molecule has 1 heterocycles. The molecule has 1 unspecified atom stereocenters. The Hall–Kier alpha value is -1.75. The second kappa shape index (κ2) is 6.13. The average Bonchev–Trinajstić information content (AvgIpc) is 2.60. The highest BCUT2D eigenvalue weighted by atomic mass is 16.1. The number of benzene rings is 1. The number of amides is 1. The zero-order valence-electron chi connectivity index (χ0n) is 12.3. The van der Waals surface area contributed by atoms with Gasteiger partial charge >= 0.3 is 0 Å². The maximum absolute atomic E-state index is 11.4. The standard InChI is InChI=1S/C15H24N4O/c1-3-11-10-18(2)7-4-8-19(11)12-5-6-14(16)13(9-12)15(17)20/h5-6,9,11H,3-4,7-8,10,16H2,1-2H3,(H2,17,20). The van der Waals surface area contributed by atoms with Crippen LogP contribution in [0.3, 0.4) is 0 Å². The molecule has 20 heavy (non-hydrogen) atoms. The van der Waals surface area contributed by atoms with Gasteiger partial charge in [-0.15, -0.1) is 0 Å². The van der Waals surface area contributed by atoms with E-state index in [1.807, 2.05) is 12.1 Å². The molecule has 0 radical (unpaired) electrons. The Bertz CT molecular complexity index is 489. The van der Waals surface area contributed by atoms with E-state index in [0.717, 1.165) is 38.2 Å². The van der Waals surface area contributed by atoms with E-state index in [0.29, 0.717) is 17.3 Å². The van der Waals surface area contributed by atoms with Crippen molar-refractivity contribution in [2.75, 3.05) is 37.3 Å². The molecular weight excluding hydrogens is 252 g/mol. The average molecular weight is 276 g/mol. The molecule has 0 aromatic heterocycles. The highest BCUT2D eigenvalue weighted by molar-refractivity contribution is 5.99. The van der Waals surface area contributed by atoms with E-state index in [-0.39, 0.29) is 0 Å². The van der Waals surface area contributed by atoms with Gasteiger partial charge in [0.05, 0.1) is 5.56 Å². The molecule has 1 fully saturated rings. The van der Waals surface area contributed by atoms with Gasteiger partial charge in [-0.1, -0.05) is 6.92 Å². The first-order chi connectivity index (χ1) is 9.52. The van der Waals surface area contributed by atoms with Crippen molar-refractivity contribution in [3.8, 4) is 0 Å². The van der Waals surface area contributed by atoms with Crippen LogP contribution in [-0.4, -0.2) is 43.5 Å². The number of rotatable bonds is 3. The normalized spacial score (nSPS) is 20.7. The van der Waals surface area contributed by atoms with Crippen molar-refractivity contribution >= 4 is 17.3 Å². The molecule has 2 rings (SSSR count). The zero-order valence-corrected chi connectivity index (χ0v) is 12.3. The van der Waals surface area contributed by atoms with E-state index < -0.39 is 5.91 Å². The molecule has 4 N–H and O–H groups in total. The Balaban J connectivity index is 2.33. The highest BCUT2D eigenvalue weighted by Gasteiger charge is 2.23. The van der Waals surface area contributed by atoms with Crippen LogP contribution in [0.5, 0.6) is 0 Å². The maximum atomic E-state index is 11.4. The number of hydrogen-bond acceptors (Lipinski definition) is 4. The van der Waals surface area contributed by atoms with Crippen molar-refractivity contribution < 1.29 is 4.79 Å². The van der Waals surface area contributed by atoms with E-state index in [1.165, 1.54) is 0 Å². The summed E-state index contributed by atoms with van der Waals surface area (Å²) >= 11 is 0. The SMILES string of the molecule is CCC1CN(C)CCCN1c1ccc(N)c(C(N)=O)c1. The maximum Gasteiger partial charge on any atom is 0.250 e. The molecule has 0 saturated carbocycles. The number of nitrogen functional groups attached to an aromatic ring is 1. The van der Waals surface area contributed by atoms with E-state index >= 15 is 0 Å². The molecule has 1 saturated heterocycles. The lowest BCUT2D eigenvalue weighted by Gasteiger charge is -2.32. The minimum absolute atomic E-state index is 0.412. The summed E-state index contributed by atoms with van der Waals surface area (Å²) in [4.78, 5) is 16.2. The molecule has 0 spiro atoms. The third kappa shape index (κ3) is 3.04. The lowest BCUT2D eigenvalue weighted by atomic mass is 10.1. The number of carbonyl (C=O) groups excluding carboxylic acids is 1. The van der Waals surface area contributed by atoms with Crippen LogP contribution in [0.2, 0.25) is 0 Å². The predicted octanol–water partition coefficient (Wildman–Crippen LogP) is 1.29. The molecule has 1 aromatic carbocycles. The number of hydrogen-bond donors (Lipinski definition) is 2. The molecule has 110 valence electrons. The van der Waals surface area contributed by atoms with E-state index in [9.17, 15) is 4.79 Å². The first kappa shape index (κ1) is 14.7. The third-order valence-electron chi connectivity index (χ3n) is 4.01. The van der Waals surface area contributed by atoms with Crippen LogP contribution in [0.15, 0.2) is 18.2 Å². The van der Waals surface area contributed by atoms with Gasteiger partial charge in [-0.2, -0.15) is 0 Å². The fourth-order valence-electron chi connectivity index (χ4n) is 2.87. The molecule has 5 nitrogen and oxygen atoms in total. The third-order valence-corrected chi connectivity index (χ3v) is 4.01. The van der Waals surface area contributed by atoms with Crippen LogP contribution in [-0.2, 0) is 0 Å². The van der Waals surface area contributed by atoms with Crippen molar-refractivity contribution in [2.45, 2.75) is 25.8 Å². The van der Waals surface area contributed by atoms with E-state index in [4.69, 9.17) is 11.5 Å². The van der Waals surface area contributed by atoms with Gasteiger partial charge in [0.25, 0.3) is 5.91 Å². The fourth-order valence-corrected chi connectivity index (χ4v) is 2.87. The lowest BCUT2D eigenvalue weighted by Crippen LogP contribution is -2.40. The zero-order chi connectivity index (χ0) is 14.7. The van der Waals surface area contributed by atoms with Gasteiger partial charge in [-0.3, -0.25) is 4.79 Å². The predicted molar refractivity (Wildman–Crippen MR) is 82.9 cm³/mol. The largest absolute Gasteiger partial charge is 0.398 e. The van der Waals surface area contributed by atoms with Crippen molar-refractivity contribution in [1.82, 2.24) is 4.90 Å². The molecule has 1 amide bonds. The van der Waals surface area contributed by atoms with Crippen molar-refractivity contribution in [3.63, 3.8) is 0 Å². The summed E-state index contributed by atoms with van der Waals surface area (Å²) in [6, 6.07) is 6.03. The molecule has 0 bridgehead atoms. The Morgan fingerprint density at radius 3 is 2.80 bits per heavy atom. The number of anilines is 2. The molecular formula is C15H24N4O. The summed E-state index contributed by atoms with van der Waals surface area (Å²) in [7, 11) is 2.16. The molecule has 5 heteroatoms. The van der Waals surface area contributed by atoms with Crippen LogP contribution in [0.4, 0.5) is 11.4 Å². The summed E-state index contributed by atoms with van der Waals surface area (Å²) in [6.07, 6.45) is 2.18. The Labute approximate surface area is 120 Å². The number of carbonyl (C=O) groups is 1. The minimum Gasteiger partial charge on any atom is -0.398 e. The summed E-state index contributed by atoms with van der Waals surface area (Å²) < 4.78 is 0. The van der Waals surface area contributed by atoms with Gasteiger partial charge in [-0.05, 0) is 44.6 Å². The highest BCUT2D eigenvalue weighted by Crippen LogP contribution is 2.25. The first-order valence-electron chi connectivity index (χ1n) is 7.17. The van der Waals surface area contributed by atoms with Gasteiger partial charge in [0.15, 0.2) is 0 Å². The summed E-state index contributed by atoms with van der Waals surface area (Å²) in [5, 5.41) is 0. The number of primary amides is 1. The fraction of sp³-hybridized carbons (Fsp3) is 0.533. The van der Waals surface area contributed by atoms with Crippen molar-refractivity contribution in [1.29, 1.82) is 0 Å². The Morgan fingerprint density at radius 2 is 2.15 bits per heavy atom. The second-order valence-electron chi connectivity index (χ2n) is 5.51. The number of nitrogens with zero attached hydrogens (tertiary/aromatic N) is 2. The molecule has 0 aliphatic carbocycles. The van der Waals surface area contributed by atoms with Gasteiger partial charge < -0.3 is 21.3 Å². The topological polar surface area (TPSA) is 75.6 Å². The lowest BCUT2D eigenvalue weighted by molar-refractivity contribution is 0.100.